The largest absolute Gasteiger partial charge is 0.494 e. The average molecular weight is 315 g/mol. The molecule has 0 aliphatic rings. The van der Waals surface area contributed by atoms with E-state index in [0.29, 0.717) is 17.9 Å². The predicted octanol–water partition coefficient (Wildman–Crippen LogP) is 2.71. The molecule has 6 heteroatoms. The molecule has 0 aliphatic heterocycles. The number of aromatic amines is 1. The summed E-state index contributed by atoms with van der Waals surface area (Å²) in [5, 5.41) is 5.40. The van der Waals surface area contributed by atoms with E-state index >= 15 is 0 Å². The maximum Gasteiger partial charge on any atom is 0.319 e. The summed E-state index contributed by atoms with van der Waals surface area (Å²) in [5.41, 5.74) is 2.68. The maximum atomic E-state index is 11.9. The third kappa shape index (κ3) is 4.60. The monoisotopic (exact) mass is 315 g/mol. The Bertz CT molecular complexity index is 736. The second-order valence-corrected chi connectivity index (χ2v) is 5.21. The third-order valence-electron chi connectivity index (χ3n) is 3.34. The maximum absolute atomic E-state index is 11.9. The Kier molecular flexibility index (Phi) is 5.41. The van der Waals surface area contributed by atoms with E-state index in [9.17, 15) is 9.59 Å². The van der Waals surface area contributed by atoms with Crippen molar-refractivity contribution in [3.8, 4) is 5.75 Å². The summed E-state index contributed by atoms with van der Waals surface area (Å²) < 4.78 is 5.34. The summed E-state index contributed by atoms with van der Waals surface area (Å²) in [4.78, 5) is 26.5. The van der Waals surface area contributed by atoms with Gasteiger partial charge in [-0.25, -0.2) is 4.79 Å². The van der Waals surface area contributed by atoms with Gasteiger partial charge in [-0.05, 0) is 56.7 Å². The molecular formula is C17H21N3O3. The number of anilines is 1. The van der Waals surface area contributed by atoms with Gasteiger partial charge in [-0.15, -0.1) is 0 Å². The van der Waals surface area contributed by atoms with Gasteiger partial charge in [-0.1, -0.05) is 0 Å². The number of aryl methyl sites for hydroxylation is 2. The van der Waals surface area contributed by atoms with Crippen LogP contribution in [0.3, 0.4) is 0 Å². The topological polar surface area (TPSA) is 83.2 Å². The molecule has 1 aromatic carbocycles. The molecule has 2 aromatic rings. The van der Waals surface area contributed by atoms with Crippen LogP contribution >= 0.6 is 0 Å². The molecule has 6 nitrogen and oxygen atoms in total. The first-order chi connectivity index (χ1) is 11.0. The second kappa shape index (κ2) is 7.49. The highest BCUT2D eigenvalue weighted by Gasteiger charge is 2.07. The fraction of sp³-hybridized carbons (Fsp3) is 0.294. The standard InChI is InChI=1S/C17H21N3O3/c1-4-23-14-7-5-13(6-8-14)20-17(22)18-10-15-11(2)9-12(3)19-16(15)21/h5-9H,4,10H2,1-3H3,(H,19,21)(H2,18,20,22). The number of carbonyl (C=O) groups excluding carboxylic acids is 1. The van der Waals surface area contributed by atoms with Crippen LogP contribution in [-0.4, -0.2) is 17.6 Å². The lowest BCUT2D eigenvalue weighted by Crippen LogP contribution is -2.31. The van der Waals surface area contributed by atoms with Gasteiger partial charge < -0.3 is 20.4 Å². The van der Waals surface area contributed by atoms with Gasteiger partial charge in [0, 0.05) is 16.9 Å². The quantitative estimate of drug-likeness (QED) is 0.793. The summed E-state index contributed by atoms with van der Waals surface area (Å²) in [7, 11) is 0. The Morgan fingerprint density at radius 1 is 1.22 bits per heavy atom. The highest BCUT2D eigenvalue weighted by Crippen LogP contribution is 2.15. The van der Waals surface area contributed by atoms with E-state index in [0.717, 1.165) is 17.0 Å². The Labute approximate surface area is 134 Å². The Morgan fingerprint density at radius 2 is 1.91 bits per heavy atom. The van der Waals surface area contributed by atoms with E-state index in [1.54, 1.807) is 24.3 Å². The van der Waals surface area contributed by atoms with E-state index in [1.807, 2.05) is 26.8 Å². The molecule has 3 N–H and O–H groups in total. The number of aromatic nitrogens is 1. The minimum Gasteiger partial charge on any atom is -0.494 e. The molecule has 1 aromatic heterocycles. The number of benzene rings is 1. The van der Waals surface area contributed by atoms with Crippen LogP contribution in [0.5, 0.6) is 5.75 Å². The van der Waals surface area contributed by atoms with Crippen LogP contribution in [0.1, 0.15) is 23.7 Å². The Morgan fingerprint density at radius 3 is 2.52 bits per heavy atom. The summed E-state index contributed by atoms with van der Waals surface area (Å²) in [6.07, 6.45) is 0. The molecule has 0 unspecified atom stereocenters. The zero-order valence-electron chi connectivity index (χ0n) is 13.5. The molecule has 0 bridgehead atoms. The molecule has 0 saturated heterocycles. The first kappa shape index (κ1) is 16.6. The molecule has 122 valence electrons. The van der Waals surface area contributed by atoms with Crippen molar-refractivity contribution in [2.45, 2.75) is 27.3 Å². The smallest absolute Gasteiger partial charge is 0.319 e. The lowest BCUT2D eigenvalue weighted by Gasteiger charge is -2.10. The summed E-state index contributed by atoms with van der Waals surface area (Å²) in [5.74, 6) is 0.750. The number of ether oxygens (including phenoxy) is 1. The van der Waals surface area contributed by atoms with Crippen molar-refractivity contribution in [2.75, 3.05) is 11.9 Å². The van der Waals surface area contributed by atoms with Crippen LogP contribution in [0.25, 0.3) is 0 Å². The number of H-pyrrole nitrogens is 1. The number of carbonyl (C=O) groups is 1. The molecule has 0 atom stereocenters. The number of amides is 2. The van der Waals surface area contributed by atoms with Gasteiger partial charge in [0.1, 0.15) is 5.75 Å². The van der Waals surface area contributed by atoms with E-state index in [4.69, 9.17) is 4.74 Å². The second-order valence-electron chi connectivity index (χ2n) is 5.21. The van der Waals surface area contributed by atoms with Crippen LogP contribution in [0, 0.1) is 13.8 Å². The van der Waals surface area contributed by atoms with E-state index in [2.05, 4.69) is 15.6 Å². The SMILES string of the molecule is CCOc1ccc(NC(=O)NCc2c(C)cc(C)[nH]c2=O)cc1. The average Bonchev–Trinajstić information content (AvgIpc) is 2.48. The molecule has 2 rings (SSSR count). The molecule has 0 radical (unpaired) electrons. The Hall–Kier alpha value is -2.76. The van der Waals surface area contributed by atoms with Crippen LogP contribution in [0.4, 0.5) is 10.5 Å². The number of urea groups is 1. The molecule has 0 saturated carbocycles. The summed E-state index contributed by atoms with van der Waals surface area (Å²) >= 11 is 0. The number of hydrogen-bond donors (Lipinski definition) is 3. The van der Waals surface area contributed by atoms with Crippen LogP contribution in [0.2, 0.25) is 0 Å². The van der Waals surface area contributed by atoms with Crippen molar-refractivity contribution in [1.29, 1.82) is 0 Å². The van der Waals surface area contributed by atoms with Gasteiger partial charge in [-0.2, -0.15) is 0 Å². The molecule has 0 aliphatic carbocycles. The fourth-order valence-corrected chi connectivity index (χ4v) is 2.25. The minimum absolute atomic E-state index is 0.171. The lowest BCUT2D eigenvalue weighted by molar-refractivity contribution is 0.251. The predicted molar refractivity (Wildman–Crippen MR) is 90.0 cm³/mol. The minimum atomic E-state index is -0.367. The highest BCUT2D eigenvalue weighted by atomic mass is 16.5. The zero-order valence-corrected chi connectivity index (χ0v) is 13.5. The van der Waals surface area contributed by atoms with Gasteiger partial charge in [0.05, 0.1) is 13.2 Å². The fourth-order valence-electron chi connectivity index (χ4n) is 2.25. The summed E-state index contributed by atoms with van der Waals surface area (Å²) in [6.45, 7) is 6.35. The van der Waals surface area contributed by atoms with Crippen molar-refractivity contribution < 1.29 is 9.53 Å². The van der Waals surface area contributed by atoms with Gasteiger partial charge in [0.25, 0.3) is 5.56 Å². The van der Waals surface area contributed by atoms with Crippen molar-refractivity contribution >= 4 is 11.7 Å². The molecular weight excluding hydrogens is 294 g/mol. The van der Waals surface area contributed by atoms with Crippen molar-refractivity contribution in [2.24, 2.45) is 0 Å². The summed E-state index contributed by atoms with van der Waals surface area (Å²) in [6, 6.07) is 8.60. The molecule has 2 amide bonds. The van der Waals surface area contributed by atoms with Gasteiger partial charge in [0.15, 0.2) is 0 Å². The molecule has 23 heavy (non-hydrogen) atoms. The van der Waals surface area contributed by atoms with Crippen molar-refractivity contribution in [1.82, 2.24) is 10.3 Å². The Balaban J connectivity index is 1.94. The van der Waals surface area contributed by atoms with Gasteiger partial charge in [-0.3, -0.25) is 4.79 Å². The number of nitrogens with one attached hydrogen (secondary N) is 3. The van der Waals surface area contributed by atoms with E-state index in [1.165, 1.54) is 0 Å². The number of pyridine rings is 1. The normalized spacial score (nSPS) is 10.2. The van der Waals surface area contributed by atoms with Crippen LogP contribution < -0.4 is 20.9 Å². The number of rotatable bonds is 5. The van der Waals surface area contributed by atoms with E-state index in [-0.39, 0.29) is 18.1 Å². The first-order valence-electron chi connectivity index (χ1n) is 7.46. The van der Waals surface area contributed by atoms with Crippen molar-refractivity contribution in [3.05, 3.63) is 57.5 Å². The van der Waals surface area contributed by atoms with E-state index < -0.39 is 0 Å². The number of hydrogen-bond acceptors (Lipinski definition) is 3. The zero-order chi connectivity index (χ0) is 16.8. The van der Waals surface area contributed by atoms with Crippen LogP contribution in [-0.2, 0) is 6.54 Å². The third-order valence-corrected chi connectivity index (χ3v) is 3.34. The highest BCUT2D eigenvalue weighted by molar-refractivity contribution is 5.89. The molecule has 1 heterocycles. The molecule has 0 spiro atoms. The van der Waals surface area contributed by atoms with Crippen LogP contribution in [0.15, 0.2) is 35.1 Å². The van der Waals surface area contributed by atoms with Gasteiger partial charge in [0.2, 0.25) is 0 Å². The van der Waals surface area contributed by atoms with Crippen molar-refractivity contribution in [3.63, 3.8) is 0 Å². The molecule has 0 fully saturated rings. The van der Waals surface area contributed by atoms with Gasteiger partial charge >= 0.3 is 6.03 Å². The first-order valence-corrected chi connectivity index (χ1v) is 7.46. The lowest BCUT2D eigenvalue weighted by atomic mass is 10.1.